The Bertz CT molecular complexity index is 712. The third-order valence-corrected chi connectivity index (χ3v) is 6.88. The van der Waals surface area contributed by atoms with E-state index in [1.807, 2.05) is 11.7 Å². The van der Waals surface area contributed by atoms with E-state index in [1.54, 1.807) is 0 Å². The van der Waals surface area contributed by atoms with Crippen LogP contribution in [-0.4, -0.2) is 53.0 Å². The molecule has 0 bridgehead atoms. The first-order valence-corrected chi connectivity index (χ1v) is 10.6. The molecule has 1 N–H and O–H groups in total. The molecule has 1 aromatic rings. The van der Waals surface area contributed by atoms with E-state index in [-0.39, 0.29) is 24.0 Å². The lowest BCUT2D eigenvalue weighted by molar-refractivity contribution is -0.171. The Hall–Kier alpha value is -0.830. The number of halogens is 1. The van der Waals surface area contributed by atoms with Gasteiger partial charge in [0.1, 0.15) is 0 Å². The summed E-state index contributed by atoms with van der Waals surface area (Å²) >= 11 is 0. The van der Waals surface area contributed by atoms with Crippen molar-refractivity contribution in [1.29, 1.82) is 0 Å². The number of aliphatic imine (C=N–C) groups is 1. The van der Waals surface area contributed by atoms with Gasteiger partial charge in [-0.1, -0.05) is 20.3 Å². The van der Waals surface area contributed by atoms with Crippen LogP contribution in [0.3, 0.4) is 0 Å². The van der Waals surface area contributed by atoms with Gasteiger partial charge in [0, 0.05) is 62.9 Å². The molecule has 0 radical (unpaired) electrons. The Morgan fingerprint density at radius 2 is 2.21 bits per heavy atom. The predicted molar refractivity (Wildman–Crippen MR) is 123 cm³/mol. The Balaban J connectivity index is 0.00000225. The summed E-state index contributed by atoms with van der Waals surface area (Å²) in [6.45, 7) is 9.08. The molecule has 3 unspecified atom stereocenters. The van der Waals surface area contributed by atoms with E-state index in [1.165, 1.54) is 36.9 Å². The molecule has 158 valence electrons. The fourth-order valence-corrected chi connectivity index (χ4v) is 5.51. The van der Waals surface area contributed by atoms with Gasteiger partial charge < -0.3 is 15.0 Å². The van der Waals surface area contributed by atoms with Crippen molar-refractivity contribution in [2.75, 3.05) is 20.2 Å². The lowest BCUT2D eigenvalue weighted by Crippen LogP contribution is -2.72. The van der Waals surface area contributed by atoms with E-state index < -0.39 is 0 Å². The molecule has 4 rings (SSSR count). The molecule has 7 heteroatoms. The highest BCUT2D eigenvalue weighted by Crippen LogP contribution is 2.62. The third kappa shape index (κ3) is 3.57. The second-order valence-electron chi connectivity index (χ2n) is 8.97. The van der Waals surface area contributed by atoms with E-state index in [9.17, 15) is 0 Å². The zero-order chi connectivity index (χ0) is 19.2. The second-order valence-corrected chi connectivity index (χ2v) is 8.97. The summed E-state index contributed by atoms with van der Waals surface area (Å²) in [4.78, 5) is 7.09. The van der Waals surface area contributed by atoms with Gasteiger partial charge in [-0.3, -0.25) is 9.67 Å². The maximum atomic E-state index is 6.08. The lowest BCUT2D eigenvalue weighted by Gasteiger charge is -2.63. The molecular formula is C21H36IN5O. The molecule has 0 amide bonds. The summed E-state index contributed by atoms with van der Waals surface area (Å²) in [6, 6.07) is 0.518. The number of rotatable bonds is 5. The molecule has 2 aliphatic carbocycles. The Kier molecular flexibility index (Phi) is 6.64. The van der Waals surface area contributed by atoms with Crippen LogP contribution in [0.4, 0.5) is 0 Å². The Morgan fingerprint density at radius 3 is 2.82 bits per heavy atom. The van der Waals surface area contributed by atoms with Crippen LogP contribution in [0.1, 0.15) is 63.6 Å². The van der Waals surface area contributed by atoms with Gasteiger partial charge in [0.25, 0.3) is 0 Å². The molecule has 1 saturated heterocycles. The normalized spacial score (nSPS) is 27.8. The van der Waals surface area contributed by atoms with Gasteiger partial charge in [0.15, 0.2) is 5.96 Å². The van der Waals surface area contributed by atoms with Crippen molar-refractivity contribution in [2.24, 2.45) is 23.4 Å². The van der Waals surface area contributed by atoms with Crippen LogP contribution < -0.4 is 5.32 Å². The van der Waals surface area contributed by atoms with Gasteiger partial charge in [-0.05, 0) is 32.1 Å². The van der Waals surface area contributed by atoms with Gasteiger partial charge in [0.05, 0.1) is 11.8 Å². The second kappa shape index (κ2) is 8.50. The highest BCUT2D eigenvalue weighted by atomic mass is 127. The SMILES string of the molecule is CCN=C(NC1C2CCOC2C12CCC2)N(C)Cc1cn(C)nc1C(C)C.I. The summed E-state index contributed by atoms with van der Waals surface area (Å²) in [5.74, 6) is 2.11. The summed E-state index contributed by atoms with van der Waals surface area (Å²) in [5.41, 5.74) is 2.84. The molecular weight excluding hydrogens is 465 g/mol. The predicted octanol–water partition coefficient (Wildman–Crippen LogP) is 3.52. The van der Waals surface area contributed by atoms with Crippen molar-refractivity contribution in [1.82, 2.24) is 20.0 Å². The molecule has 28 heavy (non-hydrogen) atoms. The molecule has 1 spiro atoms. The zero-order valence-corrected chi connectivity index (χ0v) is 20.3. The summed E-state index contributed by atoms with van der Waals surface area (Å²) in [7, 11) is 4.15. The van der Waals surface area contributed by atoms with Crippen molar-refractivity contribution in [3.8, 4) is 0 Å². The number of ether oxygens (including phenoxy) is 1. The monoisotopic (exact) mass is 501 g/mol. The zero-order valence-electron chi connectivity index (χ0n) is 17.9. The first kappa shape index (κ1) is 21.9. The van der Waals surface area contributed by atoms with Crippen molar-refractivity contribution in [3.63, 3.8) is 0 Å². The molecule has 6 nitrogen and oxygen atoms in total. The molecule has 2 heterocycles. The number of guanidine groups is 1. The number of nitrogens with zero attached hydrogens (tertiary/aromatic N) is 4. The number of fused-ring (bicyclic) bond motifs is 2. The van der Waals surface area contributed by atoms with E-state index in [2.05, 4.69) is 49.3 Å². The van der Waals surface area contributed by atoms with Crippen molar-refractivity contribution in [2.45, 2.75) is 71.1 Å². The van der Waals surface area contributed by atoms with Crippen LogP contribution in [0.2, 0.25) is 0 Å². The first-order chi connectivity index (χ1) is 13.0. The minimum absolute atomic E-state index is 0. The van der Waals surface area contributed by atoms with Gasteiger partial charge in [-0.2, -0.15) is 5.10 Å². The maximum Gasteiger partial charge on any atom is 0.194 e. The third-order valence-electron chi connectivity index (χ3n) is 6.88. The molecule has 2 saturated carbocycles. The minimum Gasteiger partial charge on any atom is -0.377 e. The van der Waals surface area contributed by atoms with Crippen molar-refractivity contribution in [3.05, 3.63) is 17.5 Å². The quantitative estimate of drug-likeness (QED) is 0.381. The molecule has 0 aromatic carbocycles. The Morgan fingerprint density at radius 1 is 1.46 bits per heavy atom. The van der Waals surface area contributed by atoms with E-state index in [4.69, 9.17) is 9.73 Å². The molecule has 3 atom stereocenters. The summed E-state index contributed by atoms with van der Waals surface area (Å²) < 4.78 is 8.01. The summed E-state index contributed by atoms with van der Waals surface area (Å²) in [6.07, 6.45) is 7.77. The number of hydrogen-bond acceptors (Lipinski definition) is 3. The van der Waals surface area contributed by atoms with Crippen LogP contribution in [0.5, 0.6) is 0 Å². The Labute approximate surface area is 186 Å². The maximum absolute atomic E-state index is 6.08. The highest BCUT2D eigenvalue weighted by molar-refractivity contribution is 14.0. The molecule has 3 fully saturated rings. The lowest BCUT2D eigenvalue weighted by atomic mass is 9.46. The van der Waals surface area contributed by atoms with Crippen LogP contribution >= 0.6 is 24.0 Å². The van der Waals surface area contributed by atoms with Crippen LogP contribution in [0.15, 0.2) is 11.2 Å². The van der Waals surface area contributed by atoms with Crippen LogP contribution in [0, 0.1) is 11.3 Å². The standard InChI is InChI=1S/C21H35N5O.HI/c1-6-22-20(25(4)12-15-13-26(5)24-17(15)14(2)3)23-18-16-8-11-27-19(16)21(18)9-7-10-21;/h13-14,16,18-19H,6-12H2,1-5H3,(H,22,23);1H. The average molecular weight is 501 g/mol. The van der Waals surface area contributed by atoms with Gasteiger partial charge in [-0.25, -0.2) is 0 Å². The smallest absolute Gasteiger partial charge is 0.194 e. The number of hydrogen-bond donors (Lipinski definition) is 1. The average Bonchev–Trinajstić information content (AvgIpc) is 3.14. The van der Waals surface area contributed by atoms with Gasteiger partial charge in [-0.15, -0.1) is 24.0 Å². The van der Waals surface area contributed by atoms with Crippen LogP contribution in [-0.2, 0) is 18.3 Å². The molecule has 1 aromatic heterocycles. The van der Waals surface area contributed by atoms with Crippen LogP contribution in [0.25, 0.3) is 0 Å². The number of nitrogens with one attached hydrogen (secondary N) is 1. The fourth-order valence-electron chi connectivity index (χ4n) is 5.51. The number of aromatic nitrogens is 2. The highest BCUT2D eigenvalue weighted by Gasteiger charge is 2.66. The van der Waals surface area contributed by atoms with E-state index in [0.29, 0.717) is 29.4 Å². The topological polar surface area (TPSA) is 54.7 Å². The van der Waals surface area contributed by atoms with Crippen molar-refractivity contribution < 1.29 is 4.74 Å². The van der Waals surface area contributed by atoms with Gasteiger partial charge >= 0.3 is 0 Å². The molecule has 3 aliphatic rings. The van der Waals surface area contributed by atoms with Gasteiger partial charge in [0.2, 0.25) is 0 Å². The fraction of sp³-hybridized carbons (Fsp3) is 0.810. The minimum atomic E-state index is 0. The van der Waals surface area contributed by atoms with E-state index in [0.717, 1.165) is 25.7 Å². The number of aryl methyl sites for hydroxylation is 1. The summed E-state index contributed by atoms with van der Waals surface area (Å²) in [5, 5.41) is 8.52. The van der Waals surface area contributed by atoms with E-state index >= 15 is 0 Å². The molecule has 1 aliphatic heterocycles. The first-order valence-electron chi connectivity index (χ1n) is 10.6. The van der Waals surface area contributed by atoms with Crippen molar-refractivity contribution >= 4 is 29.9 Å². The largest absolute Gasteiger partial charge is 0.377 e.